The summed E-state index contributed by atoms with van der Waals surface area (Å²) in [4.78, 5) is 26.6. The number of hydrogen-bond donors (Lipinski definition) is 2. The van der Waals surface area contributed by atoms with Crippen molar-refractivity contribution in [3.63, 3.8) is 0 Å². The summed E-state index contributed by atoms with van der Waals surface area (Å²) in [6.45, 7) is 4.48. The van der Waals surface area contributed by atoms with Crippen molar-refractivity contribution in [2.24, 2.45) is 5.92 Å². The van der Waals surface area contributed by atoms with Gasteiger partial charge >= 0.3 is 11.9 Å². The van der Waals surface area contributed by atoms with Crippen molar-refractivity contribution < 1.29 is 19.8 Å². The summed E-state index contributed by atoms with van der Waals surface area (Å²) in [5.74, 6) is -1.90. The number of nitrogens with zero attached hydrogens (tertiary/aromatic N) is 2. The largest absolute Gasteiger partial charge is 0.478 e. The number of benzene rings is 2. The lowest BCUT2D eigenvalue weighted by Crippen LogP contribution is -2.31. The second-order valence-electron chi connectivity index (χ2n) is 7.03. The van der Waals surface area contributed by atoms with Gasteiger partial charge in [-0.05, 0) is 44.3 Å². The molecule has 0 bridgehead atoms. The van der Waals surface area contributed by atoms with Crippen LogP contribution in [0.4, 0.5) is 11.4 Å². The quantitative estimate of drug-likeness (QED) is 0.686. The fraction of sp³-hybridized carbons (Fsp3) is 0.273. The molecule has 0 amide bonds. The van der Waals surface area contributed by atoms with Gasteiger partial charge in [0.25, 0.3) is 0 Å². The second kappa shape index (κ2) is 10.7. The summed E-state index contributed by atoms with van der Waals surface area (Å²) in [5.41, 5.74) is 2.68. The maximum Gasteiger partial charge on any atom is 0.328 e. The number of hydrogen-bond acceptors (Lipinski definition) is 5. The molecule has 0 spiro atoms. The zero-order valence-corrected chi connectivity index (χ0v) is 17.6. The Morgan fingerprint density at radius 3 is 1.83 bits per heavy atom. The van der Waals surface area contributed by atoms with Crippen molar-refractivity contribution in [3.8, 4) is 0 Å². The van der Waals surface area contributed by atoms with Gasteiger partial charge in [-0.2, -0.15) is 0 Å². The van der Waals surface area contributed by atoms with Crippen molar-refractivity contribution in [2.75, 3.05) is 32.1 Å². The first-order valence-corrected chi connectivity index (χ1v) is 10.0. The fourth-order valence-corrected chi connectivity index (χ4v) is 4.21. The van der Waals surface area contributed by atoms with E-state index in [9.17, 15) is 9.59 Å². The molecule has 1 heterocycles. The lowest BCUT2D eigenvalue weighted by Gasteiger charge is -2.35. The van der Waals surface area contributed by atoms with Gasteiger partial charge in [0, 0.05) is 35.0 Å². The van der Waals surface area contributed by atoms with Gasteiger partial charge in [0.2, 0.25) is 0 Å². The Morgan fingerprint density at radius 1 is 0.966 bits per heavy atom. The molecule has 7 heteroatoms. The van der Waals surface area contributed by atoms with Gasteiger partial charge < -0.3 is 20.0 Å². The van der Waals surface area contributed by atoms with Crippen LogP contribution >= 0.6 is 11.8 Å². The molecule has 0 fully saturated rings. The minimum Gasteiger partial charge on any atom is -0.478 e. The number of rotatable bonds is 6. The number of carbonyl (C=O) groups is 2. The normalized spacial score (nSPS) is 13.3. The maximum atomic E-state index is 9.55. The van der Waals surface area contributed by atoms with Crippen molar-refractivity contribution in [1.29, 1.82) is 0 Å². The summed E-state index contributed by atoms with van der Waals surface area (Å²) < 4.78 is 0. The number of anilines is 2. The highest BCUT2D eigenvalue weighted by molar-refractivity contribution is 7.99. The molecule has 3 rings (SSSR count). The lowest BCUT2D eigenvalue weighted by molar-refractivity contribution is -0.134. The van der Waals surface area contributed by atoms with Gasteiger partial charge in [-0.3, -0.25) is 0 Å². The maximum absolute atomic E-state index is 9.55. The number of fused-ring (bicyclic) bond motifs is 2. The summed E-state index contributed by atoms with van der Waals surface area (Å²) in [7, 11) is 4.29. The van der Waals surface area contributed by atoms with Crippen molar-refractivity contribution in [2.45, 2.75) is 16.7 Å². The first kappa shape index (κ1) is 22.5. The molecule has 1 aliphatic heterocycles. The highest BCUT2D eigenvalue weighted by Gasteiger charge is 2.24. The standard InChI is InChI=1S/C18H22N2S.C4H4O4/c1-14(12-19(2)3)13-20-15-8-4-6-10-17(15)21-18-11-7-5-9-16(18)20;5-3(6)1-2-4(7)8/h4-11,14H,12-13H2,1-3H3;1-2H,(H,5,6)(H,7,8)/b;2-1-/t14-;/m0./s1. The second-order valence-corrected chi connectivity index (χ2v) is 8.11. The Balaban J connectivity index is 0.000000321. The van der Waals surface area contributed by atoms with Crippen LogP contribution in [0.2, 0.25) is 0 Å². The average Bonchev–Trinajstić information content (AvgIpc) is 2.66. The minimum atomic E-state index is -1.26. The molecule has 2 aromatic rings. The summed E-state index contributed by atoms with van der Waals surface area (Å²) in [5, 5.41) is 15.6. The van der Waals surface area contributed by atoms with Crippen molar-refractivity contribution in [3.05, 3.63) is 60.7 Å². The smallest absolute Gasteiger partial charge is 0.328 e. The van der Waals surface area contributed by atoms with E-state index in [0.717, 1.165) is 13.1 Å². The molecule has 0 saturated heterocycles. The Hall–Kier alpha value is -2.77. The van der Waals surface area contributed by atoms with Gasteiger partial charge in [0.05, 0.1) is 11.4 Å². The van der Waals surface area contributed by atoms with E-state index in [1.54, 1.807) is 0 Å². The number of carboxylic acid groups (broad SMARTS) is 2. The monoisotopic (exact) mass is 414 g/mol. The van der Waals surface area contributed by atoms with Crippen LogP contribution in [0.5, 0.6) is 0 Å². The molecule has 154 valence electrons. The van der Waals surface area contributed by atoms with Crippen molar-refractivity contribution >= 4 is 35.1 Å². The minimum absolute atomic E-state index is 0.558. The van der Waals surface area contributed by atoms with E-state index in [-0.39, 0.29) is 0 Å². The van der Waals surface area contributed by atoms with E-state index >= 15 is 0 Å². The zero-order valence-electron chi connectivity index (χ0n) is 16.8. The van der Waals surface area contributed by atoms with Gasteiger partial charge in [-0.1, -0.05) is 43.0 Å². The molecule has 6 nitrogen and oxygen atoms in total. The summed E-state index contributed by atoms with van der Waals surface area (Å²) >= 11 is 1.88. The molecule has 2 N–H and O–H groups in total. The third kappa shape index (κ3) is 6.96. The first-order valence-electron chi connectivity index (χ1n) is 9.20. The van der Waals surface area contributed by atoms with E-state index in [1.165, 1.54) is 21.2 Å². The van der Waals surface area contributed by atoms with Crippen LogP contribution in [0.25, 0.3) is 0 Å². The van der Waals surface area contributed by atoms with Crippen LogP contribution in [0.3, 0.4) is 0 Å². The number of aliphatic carboxylic acids is 2. The van der Waals surface area contributed by atoms with E-state index in [0.29, 0.717) is 18.1 Å². The van der Waals surface area contributed by atoms with Gasteiger partial charge in [-0.25, -0.2) is 9.59 Å². The third-order valence-corrected chi connectivity index (χ3v) is 5.20. The molecule has 0 unspecified atom stereocenters. The highest BCUT2D eigenvalue weighted by atomic mass is 32.2. The van der Waals surface area contributed by atoms with Gasteiger partial charge in [0.1, 0.15) is 0 Å². The SMILES string of the molecule is C[C@@H](CN(C)C)CN1c2ccccc2Sc2ccccc21.O=C(O)/C=C\C(=O)O. The van der Waals surface area contributed by atoms with Gasteiger partial charge in [0.15, 0.2) is 0 Å². The molecular weight excluding hydrogens is 388 g/mol. The molecule has 2 aromatic carbocycles. The fourth-order valence-electron chi connectivity index (χ4n) is 3.11. The molecule has 1 aliphatic rings. The molecule has 29 heavy (non-hydrogen) atoms. The Labute approximate surface area is 175 Å². The van der Waals surface area contributed by atoms with Crippen molar-refractivity contribution in [1.82, 2.24) is 4.90 Å². The van der Waals surface area contributed by atoms with E-state index < -0.39 is 11.9 Å². The van der Waals surface area contributed by atoms with E-state index in [1.807, 2.05) is 11.8 Å². The summed E-state index contributed by atoms with van der Waals surface area (Å²) in [6, 6.07) is 17.4. The predicted molar refractivity (Wildman–Crippen MR) is 116 cm³/mol. The Kier molecular flexibility index (Phi) is 8.30. The van der Waals surface area contributed by atoms with Gasteiger partial charge in [-0.15, -0.1) is 0 Å². The van der Waals surface area contributed by atoms with E-state index in [2.05, 4.69) is 79.3 Å². The van der Waals surface area contributed by atoms with E-state index in [4.69, 9.17) is 10.2 Å². The average molecular weight is 415 g/mol. The lowest BCUT2D eigenvalue weighted by atomic mass is 10.1. The Bertz CT molecular complexity index is 821. The van der Waals surface area contributed by atoms with Crippen LogP contribution in [0, 0.1) is 5.92 Å². The molecule has 0 aromatic heterocycles. The molecule has 0 radical (unpaired) electrons. The van der Waals surface area contributed by atoms with Crippen LogP contribution in [-0.4, -0.2) is 54.2 Å². The molecule has 0 aliphatic carbocycles. The first-order chi connectivity index (χ1) is 13.8. The molecular formula is C22H26N2O4S. The van der Waals surface area contributed by atoms with Crippen LogP contribution in [-0.2, 0) is 9.59 Å². The molecule has 0 saturated carbocycles. The highest BCUT2D eigenvalue weighted by Crippen LogP contribution is 2.47. The summed E-state index contributed by atoms with van der Waals surface area (Å²) in [6.07, 6.45) is 1.12. The number of para-hydroxylation sites is 2. The Morgan fingerprint density at radius 2 is 1.41 bits per heavy atom. The van der Waals surface area contributed by atoms with Crippen LogP contribution in [0.15, 0.2) is 70.5 Å². The van der Waals surface area contributed by atoms with Crippen LogP contribution < -0.4 is 4.90 Å². The van der Waals surface area contributed by atoms with Crippen LogP contribution in [0.1, 0.15) is 6.92 Å². The number of carboxylic acids is 2. The topological polar surface area (TPSA) is 81.1 Å². The molecule has 1 atom stereocenters. The zero-order chi connectivity index (χ0) is 21.4. The third-order valence-electron chi connectivity index (χ3n) is 4.07. The predicted octanol–water partition coefficient (Wildman–Crippen LogP) is 4.20.